The van der Waals surface area contributed by atoms with E-state index < -0.39 is 0 Å². The Morgan fingerprint density at radius 3 is 1.71 bits per heavy atom. The normalized spacial score (nSPS) is 25.6. The Hall–Kier alpha value is -1.22. The molecule has 2 N–H and O–H groups in total. The maximum Gasteiger partial charge on any atom is 0.0472 e. The third-order valence-electron chi connectivity index (χ3n) is 2.32. The van der Waals surface area contributed by atoms with Crippen LogP contribution in [0.25, 0.3) is 0 Å². The van der Waals surface area contributed by atoms with Crippen molar-refractivity contribution in [3.05, 3.63) is 12.2 Å². The predicted molar refractivity (Wildman–Crippen MR) is 55.1 cm³/mol. The first kappa shape index (κ1) is 10.9. The van der Waals surface area contributed by atoms with Gasteiger partial charge in [-0.25, -0.2) is 0 Å². The minimum atomic E-state index is 0.0355. The van der Waals surface area contributed by atoms with Crippen LogP contribution in [0.4, 0.5) is 0 Å². The molecule has 0 aromatic rings. The van der Waals surface area contributed by atoms with E-state index in [4.69, 9.17) is 10.2 Å². The zero-order valence-electron chi connectivity index (χ0n) is 8.03. The van der Waals surface area contributed by atoms with Crippen molar-refractivity contribution < 1.29 is 10.2 Å². The molecule has 1 aliphatic rings. The summed E-state index contributed by atoms with van der Waals surface area (Å²) < 4.78 is 0. The van der Waals surface area contributed by atoms with E-state index in [1.165, 1.54) is 0 Å². The van der Waals surface area contributed by atoms with Gasteiger partial charge in [0, 0.05) is 26.1 Å². The summed E-state index contributed by atoms with van der Waals surface area (Å²) >= 11 is 0. The third-order valence-corrected chi connectivity index (χ3v) is 2.32. The predicted octanol–water partition coefficient (Wildman–Crippen LogP) is 0.560. The Balaban J connectivity index is 2.74. The van der Waals surface area contributed by atoms with Crippen LogP contribution >= 0.6 is 0 Å². The molecule has 1 rings (SSSR count). The van der Waals surface area contributed by atoms with Gasteiger partial charge in [0.2, 0.25) is 0 Å². The molecule has 0 saturated heterocycles. The van der Waals surface area contributed by atoms with Crippen LogP contribution in [-0.2, 0) is 0 Å². The van der Waals surface area contributed by atoms with E-state index in [0.29, 0.717) is 12.8 Å². The van der Waals surface area contributed by atoms with Gasteiger partial charge in [-0.2, -0.15) is 0 Å². The molecular formula is C12H14O2. The number of hydrogen-bond donors (Lipinski definition) is 2. The van der Waals surface area contributed by atoms with Gasteiger partial charge in [-0.1, -0.05) is 23.7 Å². The zero-order valence-corrected chi connectivity index (χ0v) is 8.03. The van der Waals surface area contributed by atoms with Gasteiger partial charge in [-0.05, 0) is 24.0 Å². The quantitative estimate of drug-likeness (QED) is 0.625. The second-order valence-electron chi connectivity index (χ2n) is 3.27. The standard InChI is InChI=1S/C12H14O2/c13-9-11-7-5-3-1-2-4-6-8-12(11)10-14/h1-2,11-14H,7-10H2. The largest absolute Gasteiger partial charge is 0.396 e. The molecule has 0 aromatic heterocycles. The van der Waals surface area contributed by atoms with Crippen LogP contribution in [0.15, 0.2) is 12.2 Å². The smallest absolute Gasteiger partial charge is 0.0472 e. The SMILES string of the molecule is OCC1CC#CC=CC#CCC1CO. The molecule has 14 heavy (non-hydrogen) atoms. The highest BCUT2D eigenvalue weighted by Crippen LogP contribution is 2.18. The van der Waals surface area contributed by atoms with Gasteiger partial charge in [0.05, 0.1) is 0 Å². The Morgan fingerprint density at radius 1 is 0.929 bits per heavy atom. The van der Waals surface area contributed by atoms with Crippen molar-refractivity contribution in [1.29, 1.82) is 0 Å². The Kier molecular flexibility index (Phi) is 4.86. The topological polar surface area (TPSA) is 40.5 Å². The van der Waals surface area contributed by atoms with Crippen LogP contribution in [-0.4, -0.2) is 23.4 Å². The van der Waals surface area contributed by atoms with E-state index in [-0.39, 0.29) is 25.0 Å². The molecular weight excluding hydrogens is 176 g/mol. The summed E-state index contributed by atoms with van der Waals surface area (Å²) in [5.41, 5.74) is 0. The highest BCUT2D eigenvalue weighted by molar-refractivity contribution is 5.25. The minimum absolute atomic E-state index is 0.0355. The van der Waals surface area contributed by atoms with Crippen molar-refractivity contribution >= 4 is 0 Å². The van der Waals surface area contributed by atoms with E-state index in [1.54, 1.807) is 12.2 Å². The van der Waals surface area contributed by atoms with Crippen molar-refractivity contribution in [2.75, 3.05) is 13.2 Å². The Bertz CT molecular complexity index is 277. The summed E-state index contributed by atoms with van der Waals surface area (Å²) in [5.74, 6) is 11.6. The summed E-state index contributed by atoms with van der Waals surface area (Å²) in [7, 11) is 0. The fourth-order valence-corrected chi connectivity index (χ4v) is 1.34. The van der Waals surface area contributed by atoms with E-state index in [1.807, 2.05) is 0 Å². The molecule has 1 aliphatic carbocycles. The molecule has 74 valence electrons. The van der Waals surface area contributed by atoms with E-state index >= 15 is 0 Å². The van der Waals surface area contributed by atoms with Crippen LogP contribution in [0.3, 0.4) is 0 Å². The van der Waals surface area contributed by atoms with Gasteiger partial charge in [-0.15, -0.1) is 0 Å². The maximum atomic E-state index is 9.13. The molecule has 0 radical (unpaired) electrons. The van der Waals surface area contributed by atoms with Crippen molar-refractivity contribution in [3.63, 3.8) is 0 Å². The summed E-state index contributed by atoms with van der Waals surface area (Å²) in [6.45, 7) is 0.122. The molecule has 0 aromatic carbocycles. The van der Waals surface area contributed by atoms with Gasteiger partial charge in [0.15, 0.2) is 0 Å². The van der Waals surface area contributed by atoms with E-state index in [2.05, 4.69) is 23.7 Å². The highest BCUT2D eigenvalue weighted by atomic mass is 16.3. The molecule has 0 saturated carbocycles. The van der Waals surface area contributed by atoms with Crippen molar-refractivity contribution in [2.24, 2.45) is 11.8 Å². The fourth-order valence-electron chi connectivity index (χ4n) is 1.34. The summed E-state index contributed by atoms with van der Waals surface area (Å²) in [6, 6.07) is 0. The van der Waals surface area contributed by atoms with Gasteiger partial charge < -0.3 is 10.2 Å². The number of aliphatic hydroxyl groups is 2. The third kappa shape index (κ3) is 3.26. The second kappa shape index (κ2) is 6.27. The summed E-state index contributed by atoms with van der Waals surface area (Å²) in [4.78, 5) is 0. The molecule has 0 fully saturated rings. The van der Waals surface area contributed by atoms with Crippen molar-refractivity contribution in [1.82, 2.24) is 0 Å². The maximum absolute atomic E-state index is 9.13. The van der Waals surface area contributed by atoms with Crippen LogP contribution in [0, 0.1) is 35.5 Å². The summed E-state index contributed by atoms with van der Waals surface area (Å²) in [5, 5.41) is 18.3. The first-order valence-electron chi connectivity index (χ1n) is 4.72. The average molecular weight is 190 g/mol. The molecule has 0 heterocycles. The minimum Gasteiger partial charge on any atom is -0.396 e. The van der Waals surface area contributed by atoms with E-state index in [0.717, 1.165) is 0 Å². The highest BCUT2D eigenvalue weighted by Gasteiger charge is 2.18. The molecule has 0 aliphatic heterocycles. The number of aliphatic hydroxyl groups excluding tert-OH is 2. The first-order valence-corrected chi connectivity index (χ1v) is 4.72. The lowest BCUT2D eigenvalue weighted by Crippen LogP contribution is -2.21. The van der Waals surface area contributed by atoms with Crippen LogP contribution in [0.1, 0.15) is 12.8 Å². The molecule has 2 heteroatoms. The molecule has 2 unspecified atom stereocenters. The molecule has 2 atom stereocenters. The van der Waals surface area contributed by atoms with Gasteiger partial charge in [0.1, 0.15) is 0 Å². The zero-order chi connectivity index (χ0) is 10.2. The van der Waals surface area contributed by atoms with Crippen molar-refractivity contribution in [3.8, 4) is 23.7 Å². The molecule has 0 amide bonds. The van der Waals surface area contributed by atoms with Crippen LogP contribution in [0.2, 0.25) is 0 Å². The van der Waals surface area contributed by atoms with Gasteiger partial charge >= 0.3 is 0 Å². The fraction of sp³-hybridized carbons (Fsp3) is 0.500. The second-order valence-corrected chi connectivity index (χ2v) is 3.27. The van der Waals surface area contributed by atoms with Gasteiger partial charge in [0.25, 0.3) is 0 Å². The summed E-state index contributed by atoms with van der Waals surface area (Å²) in [6.07, 6.45) is 4.66. The lowest BCUT2D eigenvalue weighted by atomic mass is 9.88. The first-order chi connectivity index (χ1) is 6.88. The Labute approximate surface area is 84.6 Å². The number of allylic oxidation sites excluding steroid dienone is 2. The molecule has 2 nitrogen and oxygen atoms in total. The van der Waals surface area contributed by atoms with Gasteiger partial charge in [-0.3, -0.25) is 0 Å². The van der Waals surface area contributed by atoms with Crippen LogP contribution < -0.4 is 0 Å². The lowest BCUT2D eigenvalue weighted by Gasteiger charge is -2.19. The number of hydrogen-bond acceptors (Lipinski definition) is 2. The van der Waals surface area contributed by atoms with Crippen LogP contribution in [0.5, 0.6) is 0 Å². The molecule has 0 bridgehead atoms. The Morgan fingerprint density at radius 2 is 1.36 bits per heavy atom. The van der Waals surface area contributed by atoms with E-state index in [9.17, 15) is 0 Å². The average Bonchev–Trinajstić information content (AvgIpc) is 2.24. The molecule has 0 spiro atoms. The lowest BCUT2D eigenvalue weighted by molar-refractivity contribution is 0.125. The monoisotopic (exact) mass is 190 g/mol. The van der Waals surface area contributed by atoms with Crippen molar-refractivity contribution in [2.45, 2.75) is 12.8 Å². The number of rotatable bonds is 2.